The molecule has 2 rings (SSSR count). The molecule has 0 aromatic carbocycles. The lowest BCUT2D eigenvalue weighted by Gasteiger charge is -2.42. The third-order valence-electron chi connectivity index (χ3n) is 5.33. The monoisotopic (exact) mass is 238 g/mol. The Bertz CT molecular complexity index is 215. The molecule has 0 aromatic heterocycles. The highest BCUT2D eigenvalue weighted by atomic mass is 15.2. The Morgan fingerprint density at radius 2 is 1.65 bits per heavy atom. The van der Waals surface area contributed by atoms with E-state index in [9.17, 15) is 0 Å². The Labute approximate surface area is 107 Å². The van der Waals surface area contributed by atoms with Crippen LogP contribution < -0.4 is 11.3 Å². The Kier molecular flexibility index (Phi) is 4.87. The highest BCUT2D eigenvalue weighted by Gasteiger charge is 2.36. The van der Waals surface area contributed by atoms with Crippen LogP contribution in [0.25, 0.3) is 0 Å². The van der Waals surface area contributed by atoms with Crippen LogP contribution in [-0.4, -0.2) is 6.04 Å². The average molecular weight is 238 g/mol. The van der Waals surface area contributed by atoms with Gasteiger partial charge in [-0.15, -0.1) is 0 Å². The van der Waals surface area contributed by atoms with Gasteiger partial charge in [-0.2, -0.15) is 0 Å². The molecule has 0 bridgehead atoms. The maximum Gasteiger partial charge on any atom is 0.0266 e. The van der Waals surface area contributed by atoms with Crippen LogP contribution in [0.5, 0.6) is 0 Å². The van der Waals surface area contributed by atoms with Crippen molar-refractivity contribution in [3.05, 3.63) is 0 Å². The van der Waals surface area contributed by atoms with E-state index in [1.165, 1.54) is 70.6 Å². The van der Waals surface area contributed by atoms with Gasteiger partial charge in [0.2, 0.25) is 0 Å². The molecule has 0 aliphatic heterocycles. The van der Waals surface area contributed by atoms with Gasteiger partial charge in [-0.1, -0.05) is 58.3 Å². The SMILES string of the molecule is CC1(C(CC2CCCCC2)NN)CCCCC1. The number of hydrazine groups is 1. The molecule has 2 aliphatic carbocycles. The van der Waals surface area contributed by atoms with Crippen LogP contribution >= 0.6 is 0 Å². The van der Waals surface area contributed by atoms with E-state index in [0.29, 0.717) is 11.5 Å². The van der Waals surface area contributed by atoms with Crippen molar-refractivity contribution in [3.63, 3.8) is 0 Å². The van der Waals surface area contributed by atoms with Crippen molar-refractivity contribution in [3.8, 4) is 0 Å². The second-order valence-electron chi connectivity index (χ2n) is 6.67. The van der Waals surface area contributed by atoms with Crippen molar-refractivity contribution in [2.45, 2.75) is 83.6 Å². The zero-order chi connectivity index (χ0) is 12.1. The second kappa shape index (κ2) is 6.19. The van der Waals surface area contributed by atoms with Crippen LogP contribution in [0.1, 0.15) is 77.6 Å². The summed E-state index contributed by atoms with van der Waals surface area (Å²) in [6, 6.07) is 0.547. The van der Waals surface area contributed by atoms with Gasteiger partial charge in [0, 0.05) is 6.04 Å². The van der Waals surface area contributed by atoms with Crippen LogP contribution in [-0.2, 0) is 0 Å². The van der Waals surface area contributed by atoms with Gasteiger partial charge in [0.05, 0.1) is 0 Å². The molecule has 2 aliphatic rings. The summed E-state index contributed by atoms with van der Waals surface area (Å²) in [4.78, 5) is 0. The molecule has 0 amide bonds. The predicted octanol–water partition coefficient (Wildman–Crippen LogP) is 3.76. The largest absolute Gasteiger partial charge is 0.271 e. The van der Waals surface area contributed by atoms with Crippen molar-refractivity contribution >= 4 is 0 Å². The van der Waals surface area contributed by atoms with Crippen LogP contribution in [0.4, 0.5) is 0 Å². The molecule has 100 valence electrons. The molecule has 1 unspecified atom stereocenters. The molecule has 2 heteroatoms. The first-order valence-corrected chi connectivity index (χ1v) is 7.71. The van der Waals surface area contributed by atoms with E-state index in [2.05, 4.69) is 12.3 Å². The van der Waals surface area contributed by atoms with Crippen molar-refractivity contribution in [2.75, 3.05) is 0 Å². The number of nitrogens with two attached hydrogens (primary N) is 1. The molecule has 0 heterocycles. The fraction of sp³-hybridized carbons (Fsp3) is 1.00. The highest BCUT2D eigenvalue weighted by Crippen LogP contribution is 2.42. The lowest BCUT2D eigenvalue weighted by molar-refractivity contribution is 0.117. The van der Waals surface area contributed by atoms with Crippen molar-refractivity contribution in [2.24, 2.45) is 17.2 Å². The predicted molar refractivity (Wildman–Crippen MR) is 73.5 cm³/mol. The second-order valence-corrected chi connectivity index (χ2v) is 6.67. The molecule has 0 radical (unpaired) electrons. The smallest absolute Gasteiger partial charge is 0.0266 e. The molecular weight excluding hydrogens is 208 g/mol. The number of rotatable bonds is 4. The van der Waals surface area contributed by atoms with E-state index < -0.39 is 0 Å². The van der Waals surface area contributed by atoms with Crippen LogP contribution in [0.2, 0.25) is 0 Å². The first-order chi connectivity index (χ1) is 8.24. The zero-order valence-electron chi connectivity index (χ0n) is 11.5. The Morgan fingerprint density at radius 1 is 1.06 bits per heavy atom. The molecule has 3 N–H and O–H groups in total. The van der Waals surface area contributed by atoms with Gasteiger partial charge in [-0.3, -0.25) is 11.3 Å². The fourth-order valence-corrected chi connectivity index (χ4v) is 4.02. The maximum absolute atomic E-state index is 5.86. The molecule has 1 atom stereocenters. The molecular formula is C15H30N2. The van der Waals surface area contributed by atoms with Gasteiger partial charge < -0.3 is 0 Å². The van der Waals surface area contributed by atoms with Crippen LogP contribution in [0.15, 0.2) is 0 Å². The molecule has 0 aromatic rings. The summed E-state index contributed by atoms with van der Waals surface area (Å²) < 4.78 is 0. The summed E-state index contributed by atoms with van der Waals surface area (Å²) in [6.45, 7) is 2.46. The molecule has 0 saturated heterocycles. The molecule has 0 spiro atoms. The lowest BCUT2D eigenvalue weighted by atomic mass is 9.67. The van der Waals surface area contributed by atoms with Crippen LogP contribution in [0.3, 0.4) is 0 Å². The summed E-state index contributed by atoms with van der Waals surface area (Å²) in [7, 11) is 0. The molecule has 2 saturated carbocycles. The van der Waals surface area contributed by atoms with Crippen LogP contribution in [0, 0.1) is 11.3 Å². The average Bonchev–Trinajstić information content (AvgIpc) is 2.38. The third-order valence-corrected chi connectivity index (χ3v) is 5.33. The van der Waals surface area contributed by atoms with Gasteiger partial charge >= 0.3 is 0 Å². The Morgan fingerprint density at radius 3 is 2.24 bits per heavy atom. The minimum atomic E-state index is 0.463. The lowest BCUT2D eigenvalue weighted by Crippen LogP contribution is -2.49. The normalized spacial score (nSPS) is 27.9. The summed E-state index contributed by atoms with van der Waals surface area (Å²) in [6.07, 6.45) is 15.5. The van der Waals surface area contributed by atoms with E-state index in [-0.39, 0.29) is 0 Å². The molecule has 2 nitrogen and oxygen atoms in total. The van der Waals surface area contributed by atoms with Crippen molar-refractivity contribution in [1.82, 2.24) is 5.43 Å². The Balaban J connectivity index is 1.89. The minimum absolute atomic E-state index is 0.463. The standard InChI is InChI=1S/C15H30N2/c1-15(10-6-3-7-11-15)14(17-16)12-13-8-4-2-5-9-13/h13-14,17H,2-12,16H2,1H3. The van der Waals surface area contributed by atoms with Gasteiger partial charge in [-0.25, -0.2) is 0 Å². The Hall–Kier alpha value is -0.0800. The van der Waals surface area contributed by atoms with Gasteiger partial charge in [0.1, 0.15) is 0 Å². The van der Waals surface area contributed by atoms with E-state index in [1.807, 2.05) is 0 Å². The third kappa shape index (κ3) is 3.45. The highest BCUT2D eigenvalue weighted by molar-refractivity contribution is 4.90. The quantitative estimate of drug-likeness (QED) is 0.578. The number of hydrogen-bond acceptors (Lipinski definition) is 2. The minimum Gasteiger partial charge on any atom is -0.271 e. The first-order valence-electron chi connectivity index (χ1n) is 7.71. The fourth-order valence-electron chi connectivity index (χ4n) is 4.02. The molecule has 17 heavy (non-hydrogen) atoms. The number of nitrogens with one attached hydrogen (secondary N) is 1. The molecule has 2 fully saturated rings. The van der Waals surface area contributed by atoms with E-state index in [1.54, 1.807) is 0 Å². The van der Waals surface area contributed by atoms with E-state index in [4.69, 9.17) is 5.84 Å². The topological polar surface area (TPSA) is 38.0 Å². The summed E-state index contributed by atoms with van der Waals surface area (Å²) >= 11 is 0. The van der Waals surface area contributed by atoms with Gasteiger partial charge in [0.15, 0.2) is 0 Å². The van der Waals surface area contributed by atoms with Crippen molar-refractivity contribution < 1.29 is 0 Å². The summed E-state index contributed by atoms with van der Waals surface area (Å²) in [5, 5.41) is 0. The summed E-state index contributed by atoms with van der Waals surface area (Å²) in [5.41, 5.74) is 3.62. The first kappa shape index (κ1) is 13.4. The maximum atomic E-state index is 5.86. The van der Waals surface area contributed by atoms with E-state index in [0.717, 1.165) is 5.92 Å². The van der Waals surface area contributed by atoms with E-state index >= 15 is 0 Å². The van der Waals surface area contributed by atoms with Gasteiger partial charge in [0.25, 0.3) is 0 Å². The van der Waals surface area contributed by atoms with Crippen molar-refractivity contribution in [1.29, 1.82) is 0 Å². The number of hydrogen-bond donors (Lipinski definition) is 2. The van der Waals surface area contributed by atoms with Gasteiger partial charge in [-0.05, 0) is 30.6 Å². The zero-order valence-corrected chi connectivity index (χ0v) is 11.5. The summed E-state index contributed by atoms with van der Waals surface area (Å²) in [5.74, 6) is 6.79.